The van der Waals surface area contributed by atoms with Gasteiger partial charge in [-0.1, -0.05) is 30.3 Å². The fourth-order valence-electron chi connectivity index (χ4n) is 1.65. The molecule has 0 saturated carbocycles. The maximum absolute atomic E-state index is 11.6. The highest BCUT2D eigenvalue weighted by atomic mass is 16.5. The number of rotatable bonds is 5. The van der Waals surface area contributed by atoms with E-state index in [-0.39, 0.29) is 12.0 Å². The van der Waals surface area contributed by atoms with E-state index in [1.165, 1.54) is 5.56 Å². The third-order valence-corrected chi connectivity index (χ3v) is 2.88. The minimum absolute atomic E-state index is 0.163. The van der Waals surface area contributed by atoms with Crippen molar-refractivity contribution >= 4 is 5.97 Å². The summed E-state index contributed by atoms with van der Waals surface area (Å²) in [5, 5.41) is 3.31. The summed E-state index contributed by atoms with van der Waals surface area (Å²) in [6, 6.07) is 10.3. The highest BCUT2D eigenvalue weighted by Gasteiger charge is 2.11. The van der Waals surface area contributed by atoms with Gasteiger partial charge in [0.1, 0.15) is 0 Å². The molecule has 0 saturated heterocycles. The van der Waals surface area contributed by atoms with E-state index >= 15 is 0 Å². The maximum Gasteiger partial charge on any atom is 0.335 e. The standard InChI is InChI=1S/C15H21NO2/c1-5-18-15(17)11(2)12(3)16-13(4)14-9-7-6-8-10-14/h6-10,13,16H,5H2,1-4H3/b12-11-. The van der Waals surface area contributed by atoms with Gasteiger partial charge in [0.2, 0.25) is 0 Å². The van der Waals surface area contributed by atoms with Crippen molar-refractivity contribution in [3.05, 3.63) is 47.2 Å². The van der Waals surface area contributed by atoms with Crippen LogP contribution in [0.3, 0.4) is 0 Å². The Balaban J connectivity index is 2.72. The van der Waals surface area contributed by atoms with Gasteiger partial charge in [-0.3, -0.25) is 0 Å². The van der Waals surface area contributed by atoms with Crippen molar-refractivity contribution in [3.63, 3.8) is 0 Å². The van der Waals surface area contributed by atoms with E-state index < -0.39 is 0 Å². The molecule has 0 spiro atoms. The van der Waals surface area contributed by atoms with Crippen LogP contribution >= 0.6 is 0 Å². The molecule has 0 amide bonds. The second-order valence-corrected chi connectivity index (χ2v) is 4.25. The van der Waals surface area contributed by atoms with Crippen LogP contribution in [0.2, 0.25) is 0 Å². The molecule has 0 radical (unpaired) electrons. The minimum Gasteiger partial charge on any atom is -0.463 e. The van der Waals surface area contributed by atoms with Gasteiger partial charge < -0.3 is 10.1 Å². The molecule has 1 aromatic carbocycles. The molecule has 1 N–H and O–H groups in total. The van der Waals surface area contributed by atoms with Crippen LogP contribution in [0.25, 0.3) is 0 Å². The van der Waals surface area contributed by atoms with Crippen molar-refractivity contribution in [2.75, 3.05) is 6.61 Å². The number of esters is 1. The molecule has 18 heavy (non-hydrogen) atoms. The van der Waals surface area contributed by atoms with Gasteiger partial charge in [-0.15, -0.1) is 0 Å². The Morgan fingerprint density at radius 3 is 2.44 bits per heavy atom. The van der Waals surface area contributed by atoms with E-state index in [4.69, 9.17) is 4.74 Å². The fourth-order valence-corrected chi connectivity index (χ4v) is 1.65. The van der Waals surface area contributed by atoms with Crippen molar-refractivity contribution in [3.8, 4) is 0 Å². The van der Waals surface area contributed by atoms with Crippen LogP contribution in [-0.4, -0.2) is 12.6 Å². The van der Waals surface area contributed by atoms with Gasteiger partial charge in [0, 0.05) is 11.7 Å². The van der Waals surface area contributed by atoms with E-state index in [1.54, 1.807) is 13.8 Å². The zero-order chi connectivity index (χ0) is 13.5. The summed E-state index contributed by atoms with van der Waals surface area (Å²) in [6.07, 6.45) is 0. The molecule has 1 unspecified atom stereocenters. The Morgan fingerprint density at radius 1 is 1.28 bits per heavy atom. The first-order valence-corrected chi connectivity index (χ1v) is 6.22. The van der Waals surface area contributed by atoms with E-state index in [0.717, 1.165) is 5.70 Å². The van der Waals surface area contributed by atoms with Crippen molar-refractivity contribution in [2.24, 2.45) is 0 Å². The molecule has 1 atom stereocenters. The zero-order valence-corrected chi connectivity index (χ0v) is 11.5. The Hall–Kier alpha value is -1.77. The van der Waals surface area contributed by atoms with Crippen molar-refractivity contribution in [1.29, 1.82) is 0 Å². The van der Waals surface area contributed by atoms with Gasteiger partial charge in [0.25, 0.3) is 0 Å². The molecule has 1 rings (SSSR count). The molecule has 0 aliphatic heterocycles. The number of allylic oxidation sites excluding steroid dienone is 1. The van der Waals surface area contributed by atoms with E-state index in [1.807, 2.05) is 25.1 Å². The second-order valence-electron chi connectivity index (χ2n) is 4.25. The van der Waals surface area contributed by atoms with E-state index in [0.29, 0.717) is 12.2 Å². The van der Waals surface area contributed by atoms with E-state index in [2.05, 4.69) is 24.4 Å². The molecule has 0 aromatic heterocycles. The average molecular weight is 247 g/mol. The summed E-state index contributed by atoms with van der Waals surface area (Å²) in [5.41, 5.74) is 2.66. The highest BCUT2D eigenvalue weighted by Crippen LogP contribution is 2.14. The Labute approximate surface area is 109 Å². The SMILES string of the molecule is CCOC(=O)/C(C)=C(/C)NC(C)c1ccccc1. The van der Waals surface area contributed by atoms with Gasteiger partial charge >= 0.3 is 5.97 Å². The molecule has 98 valence electrons. The van der Waals surface area contributed by atoms with Crippen LogP contribution in [0.15, 0.2) is 41.6 Å². The third-order valence-electron chi connectivity index (χ3n) is 2.88. The van der Waals surface area contributed by atoms with Crippen LogP contribution in [-0.2, 0) is 9.53 Å². The predicted molar refractivity (Wildman–Crippen MR) is 73.0 cm³/mol. The van der Waals surface area contributed by atoms with Crippen LogP contribution in [0.1, 0.15) is 39.3 Å². The number of nitrogens with one attached hydrogen (secondary N) is 1. The number of hydrogen-bond donors (Lipinski definition) is 1. The quantitative estimate of drug-likeness (QED) is 0.641. The lowest BCUT2D eigenvalue weighted by molar-refractivity contribution is -0.138. The number of ether oxygens (including phenoxy) is 1. The Bertz CT molecular complexity index is 423. The fraction of sp³-hybridized carbons (Fsp3) is 0.400. The van der Waals surface area contributed by atoms with Gasteiger partial charge in [0.15, 0.2) is 0 Å². The summed E-state index contributed by atoms with van der Waals surface area (Å²) >= 11 is 0. The molecular weight excluding hydrogens is 226 g/mol. The molecule has 0 aliphatic rings. The number of hydrogen-bond acceptors (Lipinski definition) is 3. The van der Waals surface area contributed by atoms with E-state index in [9.17, 15) is 4.79 Å². The largest absolute Gasteiger partial charge is 0.463 e. The summed E-state index contributed by atoms with van der Waals surface area (Å²) < 4.78 is 4.98. The third kappa shape index (κ3) is 3.91. The molecule has 0 aliphatic carbocycles. The molecular formula is C15H21NO2. The summed E-state index contributed by atoms with van der Waals surface area (Å²) in [5.74, 6) is -0.261. The molecule has 0 fully saturated rings. The van der Waals surface area contributed by atoms with Gasteiger partial charge in [-0.05, 0) is 33.3 Å². The van der Waals surface area contributed by atoms with Crippen molar-refractivity contribution < 1.29 is 9.53 Å². The number of carbonyl (C=O) groups is 1. The number of benzene rings is 1. The average Bonchev–Trinajstić information content (AvgIpc) is 2.39. The monoisotopic (exact) mass is 247 g/mol. The first-order valence-electron chi connectivity index (χ1n) is 6.22. The topological polar surface area (TPSA) is 38.3 Å². The summed E-state index contributed by atoms with van der Waals surface area (Å²) in [4.78, 5) is 11.6. The lowest BCUT2D eigenvalue weighted by atomic mass is 10.1. The first-order chi connectivity index (χ1) is 8.56. The molecule has 3 heteroatoms. The van der Waals surface area contributed by atoms with Crippen molar-refractivity contribution in [1.82, 2.24) is 5.32 Å². The Kier molecular flexibility index (Phi) is 5.43. The lowest BCUT2D eigenvalue weighted by Crippen LogP contribution is -2.20. The predicted octanol–water partition coefficient (Wildman–Crippen LogP) is 3.19. The minimum atomic E-state index is -0.261. The summed E-state index contributed by atoms with van der Waals surface area (Å²) in [7, 11) is 0. The Morgan fingerprint density at radius 2 is 1.89 bits per heavy atom. The second kappa shape index (κ2) is 6.84. The molecule has 0 bridgehead atoms. The van der Waals surface area contributed by atoms with Crippen LogP contribution < -0.4 is 5.32 Å². The molecule has 0 heterocycles. The highest BCUT2D eigenvalue weighted by molar-refractivity contribution is 5.88. The molecule has 1 aromatic rings. The smallest absolute Gasteiger partial charge is 0.335 e. The van der Waals surface area contributed by atoms with Gasteiger partial charge in [-0.2, -0.15) is 0 Å². The van der Waals surface area contributed by atoms with Crippen LogP contribution in [0.4, 0.5) is 0 Å². The van der Waals surface area contributed by atoms with Gasteiger partial charge in [0.05, 0.1) is 12.2 Å². The van der Waals surface area contributed by atoms with Crippen molar-refractivity contribution in [2.45, 2.75) is 33.7 Å². The summed E-state index contributed by atoms with van der Waals surface area (Å²) in [6.45, 7) is 7.94. The normalized spacial score (nSPS) is 13.6. The van der Waals surface area contributed by atoms with Crippen LogP contribution in [0.5, 0.6) is 0 Å². The first kappa shape index (κ1) is 14.3. The lowest BCUT2D eigenvalue weighted by Gasteiger charge is -2.17. The number of carbonyl (C=O) groups excluding carboxylic acids is 1. The molecule has 3 nitrogen and oxygen atoms in total. The maximum atomic E-state index is 11.6. The zero-order valence-electron chi connectivity index (χ0n) is 11.5. The van der Waals surface area contributed by atoms with Gasteiger partial charge in [-0.25, -0.2) is 4.79 Å². The van der Waals surface area contributed by atoms with Crippen LogP contribution in [0, 0.1) is 0 Å².